The van der Waals surface area contributed by atoms with Crippen LogP contribution in [0.1, 0.15) is 45.1 Å². The number of aromatic nitrogens is 1. The fraction of sp³-hybridized carbons (Fsp3) is 0.500. The maximum absolute atomic E-state index is 13.5. The maximum atomic E-state index is 13.5. The second kappa shape index (κ2) is 9.21. The number of hydrogen-bond acceptors (Lipinski definition) is 3. The Morgan fingerprint density at radius 2 is 2.00 bits per heavy atom. The van der Waals surface area contributed by atoms with Crippen LogP contribution in [0.5, 0.6) is 0 Å². The van der Waals surface area contributed by atoms with Gasteiger partial charge in [0.1, 0.15) is 0 Å². The Bertz CT molecular complexity index is 923. The van der Waals surface area contributed by atoms with E-state index in [1.807, 2.05) is 29.3 Å². The molecule has 5 nitrogen and oxygen atoms in total. The van der Waals surface area contributed by atoms with Gasteiger partial charge in [-0.05, 0) is 48.8 Å². The molecule has 1 aliphatic heterocycles. The van der Waals surface area contributed by atoms with E-state index >= 15 is 0 Å². The number of carbonyl (C=O) groups is 2. The van der Waals surface area contributed by atoms with Crippen molar-refractivity contribution >= 4 is 11.8 Å². The molecule has 1 saturated heterocycles. The topological polar surface area (TPSA) is 62.3 Å². The van der Waals surface area contributed by atoms with Gasteiger partial charge in [0.05, 0.1) is 5.41 Å². The Morgan fingerprint density at radius 1 is 1.19 bits per heavy atom. The molecule has 31 heavy (non-hydrogen) atoms. The van der Waals surface area contributed by atoms with Crippen LogP contribution in [0.15, 0.2) is 48.8 Å². The second-order valence-corrected chi connectivity index (χ2v) is 9.60. The van der Waals surface area contributed by atoms with E-state index < -0.39 is 5.41 Å². The molecule has 5 heteroatoms. The zero-order valence-corrected chi connectivity index (χ0v) is 18.6. The molecule has 2 heterocycles. The molecule has 1 N–H and O–H groups in total. The zero-order valence-electron chi connectivity index (χ0n) is 18.6. The van der Waals surface area contributed by atoms with Crippen molar-refractivity contribution in [1.82, 2.24) is 15.2 Å². The smallest absolute Gasteiger partial charge is 0.228 e. The minimum absolute atomic E-state index is 0.0751. The monoisotopic (exact) mass is 419 g/mol. The molecule has 1 atom stereocenters. The van der Waals surface area contributed by atoms with Crippen molar-refractivity contribution in [1.29, 1.82) is 0 Å². The van der Waals surface area contributed by atoms with Crippen molar-refractivity contribution in [3.05, 3.63) is 54.4 Å². The third-order valence-electron chi connectivity index (χ3n) is 6.79. The molecule has 2 aromatic rings. The van der Waals surface area contributed by atoms with Crippen LogP contribution in [0.25, 0.3) is 11.1 Å². The zero-order chi connectivity index (χ0) is 21.8. The van der Waals surface area contributed by atoms with Gasteiger partial charge in [-0.2, -0.15) is 0 Å². The van der Waals surface area contributed by atoms with Crippen molar-refractivity contribution in [3.8, 4) is 11.1 Å². The van der Waals surface area contributed by atoms with Crippen LogP contribution < -0.4 is 5.32 Å². The highest BCUT2D eigenvalue weighted by molar-refractivity contribution is 5.87. The quantitative estimate of drug-likeness (QED) is 0.735. The molecule has 164 valence electrons. The molecule has 2 amide bonds. The van der Waals surface area contributed by atoms with Crippen LogP contribution in [-0.4, -0.2) is 41.3 Å². The molecule has 1 saturated carbocycles. The van der Waals surface area contributed by atoms with Crippen LogP contribution >= 0.6 is 0 Å². The van der Waals surface area contributed by atoms with Crippen molar-refractivity contribution in [2.24, 2.45) is 17.3 Å². The lowest BCUT2D eigenvalue weighted by atomic mass is 9.78. The molecule has 0 radical (unpaired) electrons. The predicted molar refractivity (Wildman–Crippen MR) is 122 cm³/mol. The third kappa shape index (κ3) is 4.65. The number of hydrogen-bond donors (Lipinski definition) is 1. The van der Waals surface area contributed by atoms with Crippen LogP contribution in [0.3, 0.4) is 0 Å². The van der Waals surface area contributed by atoms with E-state index in [-0.39, 0.29) is 17.7 Å². The fourth-order valence-electron chi connectivity index (χ4n) is 4.71. The lowest BCUT2D eigenvalue weighted by Gasteiger charge is -2.32. The lowest BCUT2D eigenvalue weighted by molar-refractivity contribution is -0.138. The van der Waals surface area contributed by atoms with Crippen LogP contribution in [0.2, 0.25) is 0 Å². The Balaban J connectivity index is 1.62. The summed E-state index contributed by atoms with van der Waals surface area (Å²) in [5.41, 5.74) is 2.70. The van der Waals surface area contributed by atoms with Crippen molar-refractivity contribution in [3.63, 3.8) is 0 Å². The SMILES string of the molecule is CC(C)CNC(=O)[C@]1(Cc2ccccc2-c2cccnc2)CCN(C(=O)C2CCC2)C1. The van der Waals surface area contributed by atoms with E-state index in [0.717, 1.165) is 36.0 Å². The fourth-order valence-corrected chi connectivity index (χ4v) is 4.71. The molecule has 2 aliphatic rings. The van der Waals surface area contributed by atoms with Crippen molar-refractivity contribution < 1.29 is 9.59 Å². The van der Waals surface area contributed by atoms with E-state index in [4.69, 9.17) is 0 Å². The molecular weight excluding hydrogens is 386 g/mol. The second-order valence-electron chi connectivity index (χ2n) is 9.60. The summed E-state index contributed by atoms with van der Waals surface area (Å²) in [6.45, 7) is 6.03. The van der Waals surface area contributed by atoms with Gasteiger partial charge in [0.15, 0.2) is 0 Å². The van der Waals surface area contributed by atoms with E-state index in [1.165, 1.54) is 0 Å². The Labute approximate surface area is 185 Å². The van der Waals surface area contributed by atoms with E-state index in [1.54, 1.807) is 6.20 Å². The lowest BCUT2D eigenvalue weighted by Crippen LogP contribution is -2.47. The average molecular weight is 420 g/mol. The maximum Gasteiger partial charge on any atom is 0.228 e. The van der Waals surface area contributed by atoms with Gasteiger partial charge in [-0.15, -0.1) is 0 Å². The molecule has 0 spiro atoms. The first kappa shape index (κ1) is 21.5. The molecule has 1 aliphatic carbocycles. The van der Waals surface area contributed by atoms with Crippen LogP contribution in [0, 0.1) is 17.3 Å². The molecule has 2 fully saturated rings. The summed E-state index contributed by atoms with van der Waals surface area (Å²) >= 11 is 0. The number of nitrogens with one attached hydrogen (secondary N) is 1. The highest BCUT2D eigenvalue weighted by Gasteiger charge is 2.47. The van der Waals surface area contributed by atoms with Crippen molar-refractivity contribution in [2.45, 2.75) is 46.0 Å². The van der Waals surface area contributed by atoms with Gasteiger partial charge in [0, 0.05) is 43.5 Å². The largest absolute Gasteiger partial charge is 0.355 e. The van der Waals surface area contributed by atoms with Crippen LogP contribution in [-0.2, 0) is 16.0 Å². The average Bonchev–Trinajstić information content (AvgIpc) is 3.17. The van der Waals surface area contributed by atoms with E-state index in [2.05, 4.69) is 42.3 Å². The first-order valence-electron chi connectivity index (χ1n) is 11.5. The predicted octanol–water partition coefficient (Wildman–Crippen LogP) is 4.08. The summed E-state index contributed by atoms with van der Waals surface area (Å²) in [5, 5.41) is 3.17. The summed E-state index contributed by atoms with van der Waals surface area (Å²) in [4.78, 5) is 32.6. The minimum Gasteiger partial charge on any atom is -0.355 e. The van der Waals surface area contributed by atoms with E-state index in [0.29, 0.717) is 38.4 Å². The summed E-state index contributed by atoms with van der Waals surface area (Å²) in [5.74, 6) is 0.867. The minimum atomic E-state index is -0.591. The highest BCUT2D eigenvalue weighted by Crippen LogP contribution is 2.39. The van der Waals surface area contributed by atoms with Gasteiger partial charge in [-0.3, -0.25) is 14.6 Å². The summed E-state index contributed by atoms with van der Waals surface area (Å²) in [6, 6.07) is 12.2. The summed E-state index contributed by atoms with van der Waals surface area (Å²) < 4.78 is 0. The Kier molecular flexibility index (Phi) is 6.40. The normalized spacial score (nSPS) is 21.2. The van der Waals surface area contributed by atoms with Gasteiger partial charge in [0.25, 0.3) is 0 Å². The molecule has 4 rings (SSSR count). The summed E-state index contributed by atoms with van der Waals surface area (Å²) in [7, 11) is 0. The number of rotatable bonds is 7. The summed E-state index contributed by atoms with van der Waals surface area (Å²) in [6.07, 6.45) is 8.09. The number of likely N-dealkylation sites (tertiary alicyclic amines) is 1. The molecule has 1 aromatic carbocycles. The first-order valence-corrected chi connectivity index (χ1v) is 11.5. The molecule has 0 bridgehead atoms. The Hall–Kier alpha value is -2.69. The number of pyridine rings is 1. The molecule has 1 aromatic heterocycles. The van der Waals surface area contributed by atoms with Gasteiger partial charge >= 0.3 is 0 Å². The molecule has 0 unspecified atom stereocenters. The van der Waals surface area contributed by atoms with Gasteiger partial charge in [-0.1, -0.05) is 50.6 Å². The van der Waals surface area contributed by atoms with Crippen molar-refractivity contribution in [2.75, 3.05) is 19.6 Å². The number of benzene rings is 1. The van der Waals surface area contributed by atoms with Crippen LogP contribution in [0.4, 0.5) is 0 Å². The number of carbonyl (C=O) groups excluding carboxylic acids is 2. The number of nitrogens with zero attached hydrogens (tertiary/aromatic N) is 2. The van der Waals surface area contributed by atoms with Gasteiger partial charge < -0.3 is 10.2 Å². The standard InChI is InChI=1S/C26H33N3O2/c1-19(2)16-28-25(31)26(12-14-29(18-26)24(30)20-8-5-9-20)15-21-7-3-4-11-23(21)22-10-6-13-27-17-22/h3-4,6-7,10-11,13,17,19-20H,5,8-9,12,14-16,18H2,1-2H3,(H,28,31)/t26-/m0/s1. The highest BCUT2D eigenvalue weighted by atomic mass is 16.2. The first-order chi connectivity index (χ1) is 15.0. The third-order valence-corrected chi connectivity index (χ3v) is 6.79. The Morgan fingerprint density at radius 3 is 2.68 bits per heavy atom. The van der Waals surface area contributed by atoms with Gasteiger partial charge in [-0.25, -0.2) is 0 Å². The number of amides is 2. The van der Waals surface area contributed by atoms with E-state index in [9.17, 15) is 9.59 Å². The molecular formula is C26H33N3O2. The van der Waals surface area contributed by atoms with Gasteiger partial charge in [0.2, 0.25) is 11.8 Å².